The molecule has 0 bridgehead atoms. The van der Waals surface area contributed by atoms with Crippen molar-refractivity contribution in [3.8, 4) is 16.8 Å². The molecule has 2 aromatic heterocycles. The number of fused-ring (bicyclic) bond motifs is 16. The second-order valence-corrected chi connectivity index (χ2v) is 16.7. The first-order chi connectivity index (χ1) is 28.3. The smallest absolute Gasteiger partial charge is 0.0754 e. The van der Waals surface area contributed by atoms with Gasteiger partial charge in [0.15, 0.2) is 0 Å². The van der Waals surface area contributed by atoms with E-state index < -0.39 is 5.41 Å². The molecule has 2 aliphatic heterocycles. The van der Waals surface area contributed by atoms with E-state index in [2.05, 4.69) is 204 Å². The zero-order valence-electron chi connectivity index (χ0n) is 30.9. The molecule has 0 fully saturated rings. The Hall–Kier alpha value is -6.94. The molecule has 3 heteroatoms. The summed E-state index contributed by atoms with van der Waals surface area (Å²) in [5.74, 6) is 0. The molecule has 2 unspecified atom stereocenters. The summed E-state index contributed by atoms with van der Waals surface area (Å²) in [7, 11) is 0. The minimum Gasteiger partial charge on any atom is -0.374 e. The van der Waals surface area contributed by atoms with Crippen molar-refractivity contribution < 1.29 is 0 Å². The van der Waals surface area contributed by atoms with E-state index in [0.29, 0.717) is 0 Å². The largest absolute Gasteiger partial charge is 0.374 e. The van der Waals surface area contributed by atoms with Gasteiger partial charge in [0.05, 0.1) is 28.2 Å². The normalized spacial score (nSPS) is 17.7. The van der Waals surface area contributed by atoms with Gasteiger partial charge in [-0.2, -0.15) is 0 Å². The lowest BCUT2D eigenvalue weighted by atomic mass is 9.65. The van der Waals surface area contributed by atoms with Gasteiger partial charge in [0.2, 0.25) is 0 Å². The van der Waals surface area contributed by atoms with Crippen molar-refractivity contribution >= 4 is 64.6 Å². The Labute approximate surface area is 334 Å². The third-order valence-corrected chi connectivity index (χ3v) is 14.0. The van der Waals surface area contributed by atoms with Crippen LogP contribution in [0.4, 0.5) is 0 Å². The van der Waals surface area contributed by atoms with Crippen molar-refractivity contribution in [2.45, 2.75) is 11.5 Å². The molecule has 2 atom stereocenters. The SMILES string of the molecule is C1=C(c2ccc3c(c2)C2(c4ccccc4-3)c3ccccc3-n3c4ccccc4c4c5sc6ccccc6c5cc2c43)C=C(c2ccccc2)NC1c1ccccc1. The Morgan fingerprint density at radius 3 is 2.11 bits per heavy atom. The summed E-state index contributed by atoms with van der Waals surface area (Å²) < 4.78 is 5.27. The zero-order chi connectivity index (χ0) is 37.2. The first-order valence-electron chi connectivity index (χ1n) is 19.8. The van der Waals surface area contributed by atoms with E-state index in [4.69, 9.17) is 0 Å². The molecule has 57 heavy (non-hydrogen) atoms. The van der Waals surface area contributed by atoms with Crippen LogP contribution in [0, 0.1) is 0 Å². The van der Waals surface area contributed by atoms with Crippen LogP contribution in [0.15, 0.2) is 194 Å². The molecule has 13 rings (SSSR count). The molecule has 3 aliphatic rings. The number of nitrogens with zero attached hydrogens (tertiary/aromatic N) is 1. The number of rotatable bonds is 3. The van der Waals surface area contributed by atoms with E-state index in [1.807, 2.05) is 11.3 Å². The molecular weight excluding hydrogens is 709 g/mol. The minimum atomic E-state index is -0.545. The van der Waals surface area contributed by atoms with E-state index in [1.165, 1.54) is 103 Å². The highest BCUT2D eigenvalue weighted by atomic mass is 32.1. The van der Waals surface area contributed by atoms with E-state index in [-0.39, 0.29) is 6.04 Å². The van der Waals surface area contributed by atoms with Crippen LogP contribution in [0.5, 0.6) is 0 Å². The number of nitrogens with one attached hydrogen (secondary N) is 1. The molecule has 4 heterocycles. The van der Waals surface area contributed by atoms with Gasteiger partial charge in [0.25, 0.3) is 0 Å². The van der Waals surface area contributed by atoms with Gasteiger partial charge in [-0.1, -0.05) is 152 Å². The van der Waals surface area contributed by atoms with Crippen LogP contribution in [0.1, 0.15) is 45.0 Å². The summed E-state index contributed by atoms with van der Waals surface area (Å²) in [4.78, 5) is 0. The average molecular weight is 743 g/mol. The second-order valence-electron chi connectivity index (χ2n) is 15.6. The zero-order valence-corrected chi connectivity index (χ0v) is 31.7. The van der Waals surface area contributed by atoms with Crippen LogP contribution < -0.4 is 5.32 Å². The van der Waals surface area contributed by atoms with Crippen LogP contribution in [-0.2, 0) is 5.41 Å². The number of dihydropyridines is 1. The fourth-order valence-electron chi connectivity index (χ4n) is 10.5. The summed E-state index contributed by atoms with van der Waals surface area (Å²) in [5.41, 5.74) is 17.3. The summed E-state index contributed by atoms with van der Waals surface area (Å²) in [6, 6.07) is 67.8. The van der Waals surface area contributed by atoms with Crippen LogP contribution in [0.3, 0.4) is 0 Å². The molecule has 0 amide bonds. The maximum absolute atomic E-state index is 3.87. The van der Waals surface area contributed by atoms with Gasteiger partial charge >= 0.3 is 0 Å². The summed E-state index contributed by atoms with van der Waals surface area (Å²) in [5, 5.41) is 9.20. The van der Waals surface area contributed by atoms with Crippen LogP contribution in [0.25, 0.3) is 70.1 Å². The Bertz CT molecular complexity index is 3380. The second kappa shape index (κ2) is 11.5. The fraction of sp³-hybridized carbons (Fsp3) is 0.0370. The van der Waals surface area contributed by atoms with E-state index in [0.717, 1.165) is 5.70 Å². The Morgan fingerprint density at radius 2 is 1.23 bits per heavy atom. The fourth-order valence-corrected chi connectivity index (χ4v) is 11.7. The maximum atomic E-state index is 3.87. The number of hydrogen-bond donors (Lipinski definition) is 1. The van der Waals surface area contributed by atoms with Crippen LogP contribution >= 0.6 is 11.3 Å². The van der Waals surface area contributed by atoms with Crippen molar-refractivity contribution in [1.29, 1.82) is 0 Å². The molecule has 2 nitrogen and oxygen atoms in total. The summed E-state index contributed by atoms with van der Waals surface area (Å²) >= 11 is 1.93. The number of aromatic nitrogens is 1. The Balaban J connectivity index is 1.16. The predicted octanol–water partition coefficient (Wildman–Crippen LogP) is 13.6. The third-order valence-electron chi connectivity index (χ3n) is 12.8. The van der Waals surface area contributed by atoms with Gasteiger partial charge in [0.1, 0.15) is 0 Å². The van der Waals surface area contributed by atoms with Gasteiger partial charge in [-0.3, -0.25) is 0 Å². The lowest BCUT2D eigenvalue weighted by Crippen LogP contribution is -2.33. The summed E-state index contributed by atoms with van der Waals surface area (Å²) in [6.07, 6.45) is 4.76. The first kappa shape index (κ1) is 31.3. The molecule has 0 saturated heterocycles. The van der Waals surface area contributed by atoms with Gasteiger partial charge < -0.3 is 9.88 Å². The lowest BCUT2D eigenvalue weighted by molar-refractivity contribution is 0.749. The van der Waals surface area contributed by atoms with Crippen LogP contribution in [0.2, 0.25) is 0 Å². The number of allylic oxidation sites excluding steroid dienone is 2. The molecular formula is C54H34N2S. The molecule has 266 valence electrons. The molecule has 1 spiro atoms. The van der Waals surface area contributed by atoms with E-state index in [9.17, 15) is 0 Å². The van der Waals surface area contributed by atoms with Crippen molar-refractivity contribution in [1.82, 2.24) is 9.88 Å². The predicted molar refractivity (Wildman–Crippen MR) is 239 cm³/mol. The maximum Gasteiger partial charge on any atom is 0.0754 e. The van der Waals surface area contributed by atoms with Crippen molar-refractivity contribution in [2.75, 3.05) is 0 Å². The molecule has 8 aromatic carbocycles. The molecule has 0 radical (unpaired) electrons. The van der Waals surface area contributed by atoms with Gasteiger partial charge in [0, 0.05) is 36.6 Å². The van der Waals surface area contributed by atoms with Gasteiger partial charge in [-0.25, -0.2) is 0 Å². The number of benzene rings is 8. The highest BCUT2D eigenvalue weighted by molar-refractivity contribution is 7.26. The number of hydrogen-bond acceptors (Lipinski definition) is 2. The molecule has 1 aliphatic carbocycles. The molecule has 0 saturated carbocycles. The Morgan fingerprint density at radius 1 is 0.526 bits per heavy atom. The average Bonchev–Trinajstić information content (AvgIpc) is 3.93. The van der Waals surface area contributed by atoms with Crippen molar-refractivity contribution in [3.63, 3.8) is 0 Å². The van der Waals surface area contributed by atoms with Crippen molar-refractivity contribution in [2.24, 2.45) is 0 Å². The summed E-state index contributed by atoms with van der Waals surface area (Å²) in [6.45, 7) is 0. The van der Waals surface area contributed by atoms with Crippen molar-refractivity contribution in [3.05, 3.63) is 233 Å². The quantitative estimate of drug-likeness (QED) is 0.191. The molecule has 10 aromatic rings. The molecule has 1 N–H and O–H groups in total. The lowest BCUT2D eigenvalue weighted by Gasteiger charge is -2.40. The standard InChI is InChI=1S/C54H34N2S/c1-3-15-33(16-4-1)46-30-36(31-47(55-46)34-17-5-2-6-18-34)35-27-28-38-37-19-7-10-22-42(37)54(44(38)29-35)43-23-11-13-25-49(43)56-48-24-12-8-21-40(48)51-52(56)45(54)32-41-39-20-9-14-26-50(39)57-53(41)51/h1-32,46,55H. The highest BCUT2D eigenvalue weighted by Gasteiger charge is 2.51. The van der Waals surface area contributed by atoms with Gasteiger partial charge in [-0.15, -0.1) is 11.3 Å². The minimum absolute atomic E-state index is 0.0286. The van der Waals surface area contributed by atoms with Gasteiger partial charge in [-0.05, 0) is 98.1 Å². The highest BCUT2D eigenvalue weighted by Crippen LogP contribution is 2.62. The van der Waals surface area contributed by atoms with Crippen LogP contribution in [-0.4, -0.2) is 4.57 Å². The third kappa shape index (κ3) is 4.14. The number of thiophene rings is 1. The topological polar surface area (TPSA) is 17.0 Å². The van der Waals surface area contributed by atoms with E-state index >= 15 is 0 Å². The monoisotopic (exact) mass is 742 g/mol. The van der Waals surface area contributed by atoms with E-state index in [1.54, 1.807) is 0 Å². The number of para-hydroxylation sites is 2. The first-order valence-corrected chi connectivity index (χ1v) is 20.6. The Kier molecular flexibility index (Phi) is 6.34.